The van der Waals surface area contributed by atoms with Gasteiger partial charge in [0.05, 0.1) is 0 Å². The maximum atomic E-state index is 12.8. The van der Waals surface area contributed by atoms with Gasteiger partial charge in [0.25, 0.3) is 0 Å². The summed E-state index contributed by atoms with van der Waals surface area (Å²) in [5, 5.41) is 2.64. The first-order valence-electron chi connectivity index (χ1n) is 5.92. The van der Waals surface area contributed by atoms with Crippen molar-refractivity contribution in [3.8, 4) is 11.6 Å². The average Bonchev–Trinajstić information content (AvgIpc) is 2.39. The third-order valence-corrected chi connectivity index (χ3v) is 2.29. The second kappa shape index (κ2) is 5.77. The van der Waals surface area contributed by atoms with Crippen LogP contribution in [0.25, 0.3) is 0 Å². The highest BCUT2D eigenvalue weighted by Crippen LogP contribution is 2.31. The van der Waals surface area contributed by atoms with Crippen molar-refractivity contribution in [3.63, 3.8) is 0 Å². The fourth-order valence-electron chi connectivity index (χ4n) is 1.47. The number of rotatable bonds is 4. The van der Waals surface area contributed by atoms with E-state index in [9.17, 15) is 13.2 Å². The van der Waals surface area contributed by atoms with Crippen LogP contribution in [0, 0.1) is 0 Å². The smallest absolute Gasteiger partial charge is 0.433 e. The number of hydrogen-bond acceptors (Lipinski definition) is 4. The second-order valence-corrected chi connectivity index (χ2v) is 3.86. The summed E-state index contributed by atoms with van der Waals surface area (Å²) in [6.45, 7) is 2.15. The van der Waals surface area contributed by atoms with Crippen molar-refractivity contribution in [2.24, 2.45) is 0 Å². The predicted molar refractivity (Wildman–Crippen MR) is 67.7 cm³/mol. The van der Waals surface area contributed by atoms with Crippen LogP contribution in [0.15, 0.2) is 36.4 Å². The largest absolute Gasteiger partial charge is 0.439 e. The first kappa shape index (κ1) is 14.1. The number of nitrogens with zero attached hydrogens (tertiary/aromatic N) is 2. The summed E-state index contributed by atoms with van der Waals surface area (Å²) in [5.74, 6) is 0.129. The van der Waals surface area contributed by atoms with Crippen LogP contribution in [-0.2, 0) is 6.18 Å². The molecule has 1 N–H and O–H groups in total. The number of halogens is 3. The number of anilines is 1. The third-order valence-electron chi connectivity index (χ3n) is 2.29. The van der Waals surface area contributed by atoms with Crippen molar-refractivity contribution < 1.29 is 17.9 Å². The summed E-state index contributed by atoms with van der Waals surface area (Å²) >= 11 is 0. The fraction of sp³-hybridized carbons (Fsp3) is 0.231. The number of hydrogen-bond donors (Lipinski definition) is 1. The minimum atomic E-state index is -4.55. The molecule has 1 heterocycles. The Morgan fingerprint density at radius 3 is 2.45 bits per heavy atom. The molecule has 0 spiro atoms. The Balaban J connectivity index is 2.34. The Bertz CT molecular complexity index is 573. The number of aromatic nitrogens is 2. The summed E-state index contributed by atoms with van der Waals surface area (Å²) in [6, 6.07) is 9.23. The minimum absolute atomic E-state index is 0.117. The van der Waals surface area contributed by atoms with Crippen LogP contribution >= 0.6 is 0 Å². The number of ether oxygens (including phenoxy) is 1. The molecule has 0 radical (unpaired) electrons. The SMILES string of the molecule is CCNc1nc(Oc2ccccc2)cc(C(F)(F)F)n1. The number of para-hydroxylation sites is 1. The van der Waals surface area contributed by atoms with Crippen LogP contribution in [-0.4, -0.2) is 16.5 Å². The van der Waals surface area contributed by atoms with Gasteiger partial charge in [0.1, 0.15) is 5.75 Å². The maximum absolute atomic E-state index is 12.8. The Morgan fingerprint density at radius 2 is 1.85 bits per heavy atom. The zero-order valence-electron chi connectivity index (χ0n) is 10.6. The normalized spacial score (nSPS) is 11.2. The lowest BCUT2D eigenvalue weighted by Gasteiger charge is -2.11. The van der Waals surface area contributed by atoms with E-state index < -0.39 is 11.9 Å². The van der Waals surface area contributed by atoms with Crippen molar-refractivity contribution in [2.75, 3.05) is 11.9 Å². The molecule has 0 aliphatic rings. The van der Waals surface area contributed by atoms with Crippen LogP contribution < -0.4 is 10.1 Å². The van der Waals surface area contributed by atoms with Crippen LogP contribution in [0.1, 0.15) is 12.6 Å². The van der Waals surface area contributed by atoms with Gasteiger partial charge in [-0.2, -0.15) is 18.2 Å². The van der Waals surface area contributed by atoms with Gasteiger partial charge in [-0.05, 0) is 19.1 Å². The van der Waals surface area contributed by atoms with E-state index in [1.165, 1.54) is 0 Å². The molecule has 0 unspecified atom stereocenters. The molecule has 1 aromatic carbocycles. The van der Waals surface area contributed by atoms with E-state index in [-0.39, 0.29) is 11.8 Å². The third kappa shape index (κ3) is 3.59. The molecule has 7 heteroatoms. The van der Waals surface area contributed by atoms with E-state index in [0.29, 0.717) is 12.3 Å². The summed E-state index contributed by atoms with van der Waals surface area (Å²) in [6.07, 6.45) is -4.55. The molecular formula is C13H12F3N3O. The summed E-state index contributed by atoms with van der Waals surface area (Å²) in [5.41, 5.74) is -1.05. The number of benzene rings is 1. The van der Waals surface area contributed by atoms with E-state index in [4.69, 9.17) is 4.74 Å². The first-order chi connectivity index (χ1) is 9.49. The Hall–Kier alpha value is -2.31. The molecule has 0 aliphatic carbocycles. The minimum Gasteiger partial charge on any atom is -0.439 e. The summed E-state index contributed by atoms with van der Waals surface area (Å²) in [4.78, 5) is 7.30. The van der Waals surface area contributed by atoms with Gasteiger partial charge >= 0.3 is 6.18 Å². The number of alkyl halides is 3. The van der Waals surface area contributed by atoms with Gasteiger partial charge in [0.15, 0.2) is 5.69 Å². The Morgan fingerprint density at radius 1 is 1.15 bits per heavy atom. The van der Waals surface area contributed by atoms with E-state index >= 15 is 0 Å². The van der Waals surface area contributed by atoms with Crippen molar-refractivity contribution in [1.82, 2.24) is 9.97 Å². The quantitative estimate of drug-likeness (QED) is 0.929. The van der Waals surface area contributed by atoms with Crippen LogP contribution in [0.4, 0.5) is 19.1 Å². The molecule has 20 heavy (non-hydrogen) atoms. The van der Waals surface area contributed by atoms with Crippen molar-refractivity contribution >= 4 is 5.95 Å². The van der Waals surface area contributed by atoms with Gasteiger partial charge in [-0.3, -0.25) is 0 Å². The predicted octanol–water partition coefficient (Wildman–Crippen LogP) is 3.72. The zero-order chi connectivity index (χ0) is 14.6. The molecule has 0 fully saturated rings. The van der Waals surface area contributed by atoms with Gasteiger partial charge in [-0.25, -0.2) is 4.98 Å². The Labute approximate surface area is 113 Å². The molecule has 0 atom stereocenters. The fourth-order valence-corrected chi connectivity index (χ4v) is 1.47. The first-order valence-corrected chi connectivity index (χ1v) is 5.92. The monoisotopic (exact) mass is 283 g/mol. The summed E-state index contributed by atoms with van der Waals surface area (Å²) in [7, 11) is 0. The van der Waals surface area contributed by atoms with Crippen molar-refractivity contribution in [2.45, 2.75) is 13.1 Å². The highest BCUT2D eigenvalue weighted by atomic mass is 19.4. The van der Waals surface area contributed by atoms with Gasteiger partial charge in [0, 0.05) is 12.6 Å². The van der Waals surface area contributed by atoms with Gasteiger partial charge in [-0.1, -0.05) is 18.2 Å². The van der Waals surface area contributed by atoms with Gasteiger partial charge in [0.2, 0.25) is 11.8 Å². The molecule has 0 aliphatic heterocycles. The van der Waals surface area contributed by atoms with E-state index in [2.05, 4.69) is 15.3 Å². The molecular weight excluding hydrogens is 271 g/mol. The topological polar surface area (TPSA) is 47.0 Å². The van der Waals surface area contributed by atoms with Gasteiger partial charge < -0.3 is 10.1 Å². The molecule has 4 nitrogen and oxygen atoms in total. The second-order valence-electron chi connectivity index (χ2n) is 3.86. The highest BCUT2D eigenvalue weighted by molar-refractivity contribution is 5.34. The standard InChI is InChI=1S/C13H12F3N3O/c1-2-17-12-18-10(13(14,15)16)8-11(19-12)20-9-6-4-3-5-7-9/h3-8H,2H2,1H3,(H,17,18,19). The van der Waals surface area contributed by atoms with Crippen molar-refractivity contribution in [1.29, 1.82) is 0 Å². The van der Waals surface area contributed by atoms with Crippen LogP contribution in [0.2, 0.25) is 0 Å². The van der Waals surface area contributed by atoms with Gasteiger partial charge in [-0.15, -0.1) is 0 Å². The molecule has 2 aromatic rings. The Kier molecular flexibility index (Phi) is 4.07. The lowest BCUT2D eigenvalue weighted by atomic mass is 10.3. The molecule has 0 saturated heterocycles. The van der Waals surface area contributed by atoms with E-state index in [1.807, 2.05) is 0 Å². The average molecular weight is 283 g/mol. The number of nitrogens with one attached hydrogen (secondary N) is 1. The molecule has 0 bridgehead atoms. The van der Waals surface area contributed by atoms with Crippen LogP contribution in [0.5, 0.6) is 11.6 Å². The van der Waals surface area contributed by atoms with E-state index in [1.54, 1.807) is 37.3 Å². The molecule has 106 valence electrons. The summed E-state index contributed by atoms with van der Waals surface area (Å²) < 4.78 is 43.6. The zero-order valence-corrected chi connectivity index (χ0v) is 10.6. The highest BCUT2D eigenvalue weighted by Gasteiger charge is 2.34. The lowest BCUT2D eigenvalue weighted by molar-refractivity contribution is -0.141. The maximum Gasteiger partial charge on any atom is 0.433 e. The van der Waals surface area contributed by atoms with E-state index in [0.717, 1.165) is 6.07 Å². The van der Waals surface area contributed by atoms with Crippen LogP contribution in [0.3, 0.4) is 0 Å². The molecule has 0 saturated carbocycles. The van der Waals surface area contributed by atoms with Crippen molar-refractivity contribution in [3.05, 3.63) is 42.1 Å². The lowest BCUT2D eigenvalue weighted by Crippen LogP contribution is -2.12. The molecule has 2 rings (SSSR count). The molecule has 1 aromatic heterocycles. The molecule has 0 amide bonds.